The second-order valence-electron chi connectivity index (χ2n) is 7.08. The minimum absolute atomic E-state index is 0.166. The van der Waals surface area contributed by atoms with E-state index in [1.165, 1.54) is 15.7 Å². The summed E-state index contributed by atoms with van der Waals surface area (Å²) in [6, 6.07) is 21.4. The Kier molecular flexibility index (Phi) is 5.38. The van der Waals surface area contributed by atoms with Gasteiger partial charge < -0.3 is 4.74 Å². The Morgan fingerprint density at radius 1 is 0.679 bits per heavy atom. The van der Waals surface area contributed by atoms with E-state index in [4.69, 9.17) is 4.74 Å². The number of benzene rings is 3. The molecule has 0 N–H and O–H groups in total. The number of unbranched alkanes of at least 4 members (excludes halogenated alkanes) is 3. The Labute approximate surface area is 164 Å². The van der Waals surface area contributed by atoms with Gasteiger partial charge in [-0.3, -0.25) is 14.5 Å². The molecule has 0 saturated carbocycles. The van der Waals surface area contributed by atoms with Crippen molar-refractivity contribution in [2.75, 3.05) is 13.2 Å². The number of carbonyl (C=O) groups is 2. The van der Waals surface area contributed by atoms with Gasteiger partial charge in [-0.1, -0.05) is 55.3 Å². The van der Waals surface area contributed by atoms with Crippen LogP contribution in [0.1, 0.15) is 46.4 Å². The lowest BCUT2D eigenvalue weighted by Gasteiger charge is -2.13. The summed E-state index contributed by atoms with van der Waals surface area (Å²) in [6.07, 6.45) is 3.75. The third kappa shape index (κ3) is 3.77. The normalized spacial score (nSPS) is 13.2. The van der Waals surface area contributed by atoms with Crippen LogP contribution < -0.4 is 4.74 Å². The SMILES string of the molecule is O=C1c2ccccc2C(=O)N1CCCCCCOc1ccc2ccccc2c1. The maximum Gasteiger partial charge on any atom is 0.261 e. The summed E-state index contributed by atoms with van der Waals surface area (Å²) < 4.78 is 5.85. The van der Waals surface area contributed by atoms with E-state index in [1.807, 2.05) is 18.2 Å². The largest absolute Gasteiger partial charge is 0.494 e. The molecular weight excluding hydrogens is 350 g/mol. The molecule has 142 valence electrons. The summed E-state index contributed by atoms with van der Waals surface area (Å²) in [6.45, 7) is 1.16. The average molecular weight is 373 g/mol. The van der Waals surface area contributed by atoms with Crippen LogP contribution in [0.2, 0.25) is 0 Å². The first-order valence-corrected chi connectivity index (χ1v) is 9.81. The third-order valence-corrected chi connectivity index (χ3v) is 5.14. The first-order chi connectivity index (χ1) is 13.7. The Balaban J connectivity index is 1.17. The van der Waals surface area contributed by atoms with Gasteiger partial charge in [-0.05, 0) is 47.9 Å². The molecular formula is C24H23NO3. The molecule has 0 bridgehead atoms. The highest BCUT2D eigenvalue weighted by Gasteiger charge is 2.34. The van der Waals surface area contributed by atoms with Crippen molar-refractivity contribution in [1.29, 1.82) is 0 Å². The van der Waals surface area contributed by atoms with Gasteiger partial charge >= 0.3 is 0 Å². The molecule has 0 unspecified atom stereocenters. The zero-order chi connectivity index (χ0) is 19.3. The van der Waals surface area contributed by atoms with Crippen molar-refractivity contribution >= 4 is 22.6 Å². The third-order valence-electron chi connectivity index (χ3n) is 5.14. The van der Waals surface area contributed by atoms with Crippen molar-refractivity contribution in [2.45, 2.75) is 25.7 Å². The number of imide groups is 1. The van der Waals surface area contributed by atoms with Crippen LogP contribution in [0, 0.1) is 0 Å². The highest BCUT2D eigenvalue weighted by Crippen LogP contribution is 2.23. The van der Waals surface area contributed by atoms with Crippen LogP contribution in [0.4, 0.5) is 0 Å². The Morgan fingerprint density at radius 2 is 1.32 bits per heavy atom. The first kappa shape index (κ1) is 18.2. The smallest absolute Gasteiger partial charge is 0.261 e. The predicted octanol–water partition coefficient (Wildman–Crippen LogP) is 5.08. The summed E-state index contributed by atoms with van der Waals surface area (Å²) in [5, 5.41) is 2.39. The lowest BCUT2D eigenvalue weighted by atomic mass is 10.1. The number of hydrogen-bond acceptors (Lipinski definition) is 3. The van der Waals surface area contributed by atoms with Gasteiger partial charge in [0.05, 0.1) is 17.7 Å². The molecule has 0 aliphatic carbocycles. The van der Waals surface area contributed by atoms with Crippen LogP contribution in [0.15, 0.2) is 66.7 Å². The van der Waals surface area contributed by atoms with Crippen molar-refractivity contribution < 1.29 is 14.3 Å². The highest BCUT2D eigenvalue weighted by atomic mass is 16.5. The fourth-order valence-corrected chi connectivity index (χ4v) is 3.61. The Bertz CT molecular complexity index is 976. The van der Waals surface area contributed by atoms with Crippen molar-refractivity contribution in [3.05, 3.63) is 77.9 Å². The van der Waals surface area contributed by atoms with Crippen molar-refractivity contribution in [3.8, 4) is 5.75 Å². The number of amides is 2. The fourth-order valence-electron chi connectivity index (χ4n) is 3.61. The standard InChI is InChI=1S/C24H23NO3/c26-23-21-11-5-6-12-22(21)24(27)25(23)15-7-1-2-8-16-28-20-14-13-18-9-3-4-10-19(18)17-20/h3-6,9-14,17H,1-2,7-8,15-16H2. The van der Waals surface area contributed by atoms with E-state index < -0.39 is 0 Å². The molecule has 28 heavy (non-hydrogen) atoms. The Morgan fingerprint density at radius 3 is 2.07 bits per heavy atom. The second kappa shape index (κ2) is 8.26. The van der Waals surface area contributed by atoms with E-state index in [2.05, 4.69) is 24.3 Å². The monoisotopic (exact) mass is 373 g/mol. The van der Waals surface area contributed by atoms with Crippen LogP contribution in [0.25, 0.3) is 10.8 Å². The van der Waals surface area contributed by atoms with Gasteiger partial charge in [-0.15, -0.1) is 0 Å². The van der Waals surface area contributed by atoms with Gasteiger partial charge in [0, 0.05) is 6.54 Å². The molecule has 1 aliphatic rings. The van der Waals surface area contributed by atoms with E-state index in [-0.39, 0.29) is 11.8 Å². The number of rotatable bonds is 8. The molecule has 3 aromatic carbocycles. The molecule has 4 heteroatoms. The summed E-state index contributed by atoms with van der Waals surface area (Å²) in [5.41, 5.74) is 1.05. The van der Waals surface area contributed by atoms with Crippen LogP contribution in [-0.2, 0) is 0 Å². The zero-order valence-electron chi connectivity index (χ0n) is 15.8. The van der Waals surface area contributed by atoms with E-state index in [9.17, 15) is 9.59 Å². The topological polar surface area (TPSA) is 46.6 Å². The number of hydrogen-bond donors (Lipinski definition) is 0. The van der Waals surface area contributed by atoms with Gasteiger partial charge in [-0.2, -0.15) is 0 Å². The molecule has 0 spiro atoms. The quantitative estimate of drug-likeness (QED) is 0.409. The van der Waals surface area contributed by atoms with Crippen LogP contribution in [0.3, 0.4) is 0 Å². The molecule has 0 fully saturated rings. The lowest BCUT2D eigenvalue weighted by Crippen LogP contribution is -2.30. The fraction of sp³-hybridized carbons (Fsp3) is 0.250. The predicted molar refractivity (Wildman–Crippen MR) is 110 cm³/mol. The lowest BCUT2D eigenvalue weighted by molar-refractivity contribution is 0.0651. The molecule has 0 atom stereocenters. The average Bonchev–Trinajstić information content (AvgIpc) is 2.98. The molecule has 0 aromatic heterocycles. The van der Waals surface area contributed by atoms with Gasteiger partial charge in [0.2, 0.25) is 0 Å². The van der Waals surface area contributed by atoms with Crippen molar-refractivity contribution in [1.82, 2.24) is 4.90 Å². The molecule has 2 amide bonds. The molecule has 1 aliphatic heterocycles. The van der Waals surface area contributed by atoms with E-state index in [0.717, 1.165) is 31.4 Å². The Hall–Kier alpha value is -3.14. The molecule has 4 rings (SSSR count). The number of fused-ring (bicyclic) bond motifs is 2. The summed E-state index contributed by atoms with van der Waals surface area (Å²) in [7, 11) is 0. The maximum atomic E-state index is 12.3. The van der Waals surface area contributed by atoms with Crippen LogP contribution in [-0.4, -0.2) is 29.9 Å². The second-order valence-corrected chi connectivity index (χ2v) is 7.08. The molecule has 1 heterocycles. The molecule has 3 aromatic rings. The van der Waals surface area contributed by atoms with E-state index in [0.29, 0.717) is 24.3 Å². The van der Waals surface area contributed by atoms with Gasteiger partial charge in [-0.25, -0.2) is 0 Å². The molecule has 0 saturated heterocycles. The number of nitrogens with zero attached hydrogens (tertiary/aromatic N) is 1. The molecule has 0 radical (unpaired) electrons. The van der Waals surface area contributed by atoms with Gasteiger partial charge in [0.25, 0.3) is 11.8 Å². The van der Waals surface area contributed by atoms with E-state index >= 15 is 0 Å². The van der Waals surface area contributed by atoms with Crippen molar-refractivity contribution in [2.24, 2.45) is 0 Å². The maximum absolute atomic E-state index is 12.3. The minimum Gasteiger partial charge on any atom is -0.494 e. The van der Waals surface area contributed by atoms with Crippen LogP contribution >= 0.6 is 0 Å². The number of ether oxygens (including phenoxy) is 1. The first-order valence-electron chi connectivity index (χ1n) is 9.81. The minimum atomic E-state index is -0.166. The summed E-state index contributed by atoms with van der Waals surface area (Å²) >= 11 is 0. The van der Waals surface area contributed by atoms with Crippen molar-refractivity contribution in [3.63, 3.8) is 0 Å². The van der Waals surface area contributed by atoms with Crippen LogP contribution in [0.5, 0.6) is 5.75 Å². The zero-order valence-corrected chi connectivity index (χ0v) is 15.8. The van der Waals surface area contributed by atoms with Gasteiger partial charge in [0.15, 0.2) is 0 Å². The molecule has 4 nitrogen and oxygen atoms in total. The summed E-state index contributed by atoms with van der Waals surface area (Å²) in [5.74, 6) is 0.560. The summed E-state index contributed by atoms with van der Waals surface area (Å²) in [4.78, 5) is 26.0. The van der Waals surface area contributed by atoms with Gasteiger partial charge in [0.1, 0.15) is 5.75 Å². The number of carbonyl (C=O) groups excluding carboxylic acids is 2. The highest BCUT2D eigenvalue weighted by molar-refractivity contribution is 6.21. The van der Waals surface area contributed by atoms with E-state index in [1.54, 1.807) is 24.3 Å².